The molecule has 0 aromatic heterocycles. The summed E-state index contributed by atoms with van der Waals surface area (Å²) in [5, 5.41) is 0. The number of nitrogens with zero attached hydrogens (tertiary/aromatic N) is 1. The van der Waals surface area contributed by atoms with Crippen molar-refractivity contribution in [3.8, 4) is 0 Å². The Bertz CT molecular complexity index is 1040. The summed E-state index contributed by atoms with van der Waals surface area (Å²) in [7, 11) is -2.77. The zero-order valence-electron chi connectivity index (χ0n) is 17.2. The average Bonchev–Trinajstić information content (AvgIpc) is 3.02. The minimum atomic E-state index is -4.02. The van der Waals surface area contributed by atoms with Gasteiger partial charge in [-0.2, -0.15) is 0 Å². The van der Waals surface area contributed by atoms with Crippen molar-refractivity contribution in [1.82, 2.24) is 4.90 Å². The predicted molar refractivity (Wildman–Crippen MR) is 114 cm³/mol. The van der Waals surface area contributed by atoms with Crippen LogP contribution >= 0.6 is 0 Å². The van der Waals surface area contributed by atoms with Gasteiger partial charge in [0.2, 0.25) is 0 Å². The van der Waals surface area contributed by atoms with Gasteiger partial charge in [-0.3, -0.25) is 9.52 Å². The second-order valence-corrected chi connectivity index (χ2v) is 9.01. The molecular weight excluding hydrogens is 404 g/mol. The quantitative estimate of drug-likeness (QED) is 0.732. The number of esters is 1. The second-order valence-electron chi connectivity index (χ2n) is 7.33. The van der Waals surface area contributed by atoms with Gasteiger partial charge in [-0.1, -0.05) is 31.0 Å². The Labute approximate surface area is 177 Å². The van der Waals surface area contributed by atoms with Crippen molar-refractivity contribution < 1.29 is 22.7 Å². The zero-order chi connectivity index (χ0) is 21.7. The molecule has 0 radical (unpaired) electrons. The van der Waals surface area contributed by atoms with Gasteiger partial charge in [0.15, 0.2) is 0 Å². The van der Waals surface area contributed by atoms with E-state index in [1.54, 1.807) is 42.2 Å². The Kier molecular flexibility index (Phi) is 6.77. The van der Waals surface area contributed by atoms with E-state index in [4.69, 9.17) is 4.74 Å². The van der Waals surface area contributed by atoms with Crippen LogP contribution in [0.25, 0.3) is 0 Å². The highest BCUT2D eigenvalue weighted by molar-refractivity contribution is 7.92. The minimum Gasteiger partial charge on any atom is -0.465 e. The van der Waals surface area contributed by atoms with Crippen LogP contribution in [-0.4, -0.2) is 45.4 Å². The van der Waals surface area contributed by atoms with Crippen molar-refractivity contribution in [3.05, 3.63) is 59.2 Å². The predicted octanol–water partition coefficient (Wildman–Crippen LogP) is 3.60. The lowest BCUT2D eigenvalue weighted by atomic mass is 10.1. The van der Waals surface area contributed by atoms with E-state index in [1.807, 2.05) is 0 Å². The third-order valence-electron chi connectivity index (χ3n) is 5.22. The number of nitrogens with one attached hydrogen (secondary N) is 1. The molecule has 2 aromatic rings. The number of anilines is 1. The average molecular weight is 431 g/mol. The molecule has 0 saturated carbocycles. The van der Waals surface area contributed by atoms with E-state index >= 15 is 0 Å². The lowest BCUT2D eigenvalue weighted by Gasteiger charge is -2.22. The first-order chi connectivity index (χ1) is 14.3. The molecule has 1 amide bonds. The van der Waals surface area contributed by atoms with Gasteiger partial charge < -0.3 is 9.64 Å². The number of amides is 1. The maximum absolute atomic E-state index is 13.1. The van der Waals surface area contributed by atoms with Crippen LogP contribution in [-0.2, 0) is 14.8 Å². The number of aryl methyl sites for hydroxylation is 1. The van der Waals surface area contributed by atoms with Crippen molar-refractivity contribution in [1.29, 1.82) is 0 Å². The number of hydrogen-bond donors (Lipinski definition) is 1. The fourth-order valence-electron chi connectivity index (χ4n) is 3.50. The van der Waals surface area contributed by atoms with Crippen LogP contribution in [0.15, 0.2) is 47.4 Å². The molecule has 8 heteroatoms. The van der Waals surface area contributed by atoms with E-state index in [9.17, 15) is 18.0 Å². The Hall–Kier alpha value is -2.87. The van der Waals surface area contributed by atoms with E-state index in [2.05, 4.69) is 4.72 Å². The Morgan fingerprint density at radius 1 is 0.967 bits per heavy atom. The molecule has 1 aliphatic rings. The summed E-state index contributed by atoms with van der Waals surface area (Å²) >= 11 is 0. The summed E-state index contributed by atoms with van der Waals surface area (Å²) in [4.78, 5) is 26.7. The molecule has 3 rings (SSSR count). The number of benzene rings is 2. The molecule has 1 saturated heterocycles. The van der Waals surface area contributed by atoms with Gasteiger partial charge in [0.1, 0.15) is 0 Å². The fourth-order valence-corrected chi connectivity index (χ4v) is 4.61. The number of methoxy groups -OCH3 is 1. The lowest BCUT2D eigenvalue weighted by molar-refractivity contribution is 0.0599. The number of rotatable bonds is 5. The van der Waals surface area contributed by atoms with Gasteiger partial charge in [0.05, 0.1) is 28.8 Å². The number of likely N-dealkylation sites (tertiary alicyclic amines) is 1. The van der Waals surface area contributed by atoms with Gasteiger partial charge in [0.25, 0.3) is 15.9 Å². The molecule has 1 heterocycles. The molecule has 1 fully saturated rings. The molecule has 0 bridgehead atoms. The normalized spacial score (nSPS) is 14.7. The van der Waals surface area contributed by atoms with Gasteiger partial charge in [-0.25, -0.2) is 13.2 Å². The number of ether oxygens (including phenoxy) is 1. The zero-order valence-corrected chi connectivity index (χ0v) is 18.0. The van der Waals surface area contributed by atoms with Crippen LogP contribution in [0.2, 0.25) is 0 Å². The SMILES string of the molecule is COC(=O)c1cc(S(=O)(=O)Nc2ccccc2C(=O)N2CCCCCC2)ccc1C. The number of sulfonamides is 1. The fraction of sp³-hybridized carbons (Fsp3) is 0.364. The van der Waals surface area contributed by atoms with Gasteiger partial charge in [-0.05, 0) is 49.6 Å². The molecule has 160 valence electrons. The largest absolute Gasteiger partial charge is 0.465 e. The first-order valence-corrected chi connectivity index (χ1v) is 11.4. The molecule has 0 unspecified atom stereocenters. The summed E-state index contributed by atoms with van der Waals surface area (Å²) in [5.41, 5.74) is 1.31. The minimum absolute atomic E-state index is 0.0782. The topological polar surface area (TPSA) is 92.8 Å². The van der Waals surface area contributed by atoms with Crippen molar-refractivity contribution in [3.63, 3.8) is 0 Å². The number of carbonyl (C=O) groups excluding carboxylic acids is 2. The van der Waals surface area contributed by atoms with Crippen LogP contribution in [0.4, 0.5) is 5.69 Å². The van der Waals surface area contributed by atoms with Crippen LogP contribution < -0.4 is 4.72 Å². The van der Waals surface area contributed by atoms with Crippen molar-refractivity contribution in [2.45, 2.75) is 37.5 Å². The Balaban J connectivity index is 1.91. The molecule has 0 aliphatic carbocycles. The van der Waals surface area contributed by atoms with Crippen LogP contribution in [0.1, 0.15) is 52.0 Å². The summed E-state index contributed by atoms with van der Waals surface area (Å²) in [6.45, 7) is 3.03. The molecule has 0 spiro atoms. The van der Waals surface area contributed by atoms with Crippen LogP contribution in [0.5, 0.6) is 0 Å². The molecule has 7 nitrogen and oxygen atoms in total. The third-order valence-corrected chi connectivity index (χ3v) is 6.58. The van der Waals surface area contributed by atoms with E-state index in [0.29, 0.717) is 24.2 Å². The Morgan fingerprint density at radius 2 is 1.63 bits per heavy atom. The molecule has 30 heavy (non-hydrogen) atoms. The lowest BCUT2D eigenvalue weighted by Crippen LogP contribution is -2.32. The van der Waals surface area contributed by atoms with Crippen LogP contribution in [0.3, 0.4) is 0 Å². The molecule has 2 aromatic carbocycles. The monoisotopic (exact) mass is 430 g/mol. The maximum atomic E-state index is 13.1. The molecule has 1 aliphatic heterocycles. The van der Waals surface area contributed by atoms with Gasteiger partial charge in [-0.15, -0.1) is 0 Å². The molecular formula is C22H26N2O5S. The smallest absolute Gasteiger partial charge is 0.338 e. The summed E-state index contributed by atoms with van der Waals surface area (Å²) in [6, 6.07) is 10.8. The molecule has 1 N–H and O–H groups in total. The highest BCUT2D eigenvalue weighted by Crippen LogP contribution is 2.24. The highest BCUT2D eigenvalue weighted by Gasteiger charge is 2.24. The first-order valence-electron chi connectivity index (χ1n) is 9.93. The van der Waals surface area contributed by atoms with E-state index in [1.165, 1.54) is 19.2 Å². The van der Waals surface area contributed by atoms with Gasteiger partial charge in [0, 0.05) is 13.1 Å². The third kappa shape index (κ3) is 4.81. The number of para-hydroxylation sites is 1. The van der Waals surface area contributed by atoms with Crippen LogP contribution in [0, 0.1) is 6.92 Å². The molecule has 0 atom stereocenters. The van der Waals surface area contributed by atoms with E-state index in [-0.39, 0.29) is 22.1 Å². The second kappa shape index (κ2) is 9.30. The van der Waals surface area contributed by atoms with Gasteiger partial charge >= 0.3 is 5.97 Å². The highest BCUT2D eigenvalue weighted by atomic mass is 32.2. The van der Waals surface area contributed by atoms with E-state index < -0.39 is 16.0 Å². The first kappa shape index (κ1) is 21.8. The summed E-state index contributed by atoms with van der Waals surface area (Å²) in [6.07, 6.45) is 4.07. The number of carbonyl (C=O) groups is 2. The van der Waals surface area contributed by atoms with Crippen molar-refractivity contribution in [2.24, 2.45) is 0 Å². The summed E-state index contributed by atoms with van der Waals surface area (Å²) in [5.74, 6) is -0.796. The van der Waals surface area contributed by atoms with E-state index in [0.717, 1.165) is 25.7 Å². The Morgan fingerprint density at radius 3 is 2.30 bits per heavy atom. The van der Waals surface area contributed by atoms with Crippen molar-refractivity contribution >= 4 is 27.6 Å². The van der Waals surface area contributed by atoms with Crippen molar-refractivity contribution in [2.75, 3.05) is 24.9 Å². The number of hydrogen-bond acceptors (Lipinski definition) is 5. The standard InChI is InChI=1S/C22H26N2O5S/c1-16-11-12-17(15-19(16)22(26)29-2)30(27,28)23-20-10-6-5-9-18(20)21(25)24-13-7-3-4-8-14-24/h5-6,9-12,15,23H,3-4,7-8,13-14H2,1-2H3. The summed E-state index contributed by atoms with van der Waals surface area (Å²) < 4.78 is 33.2. The maximum Gasteiger partial charge on any atom is 0.338 e.